The van der Waals surface area contributed by atoms with Crippen molar-refractivity contribution in [3.8, 4) is 5.75 Å². The molecule has 1 fully saturated rings. The number of hydrogen-bond acceptors (Lipinski definition) is 4. The number of halogens is 1. The van der Waals surface area contributed by atoms with Crippen LogP contribution >= 0.6 is 15.9 Å². The van der Waals surface area contributed by atoms with E-state index < -0.39 is 10.0 Å². The van der Waals surface area contributed by atoms with Crippen LogP contribution in [0.15, 0.2) is 22.7 Å². The number of hydrogen-bond donors (Lipinski definition) is 1. The van der Waals surface area contributed by atoms with Crippen LogP contribution in [0, 0.1) is 5.92 Å². The highest BCUT2D eigenvalue weighted by Crippen LogP contribution is 2.23. The zero-order chi connectivity index (χ0) is 17.0. The maximum absolute atomic E-state index is 12.3. The Morgan fingerprint density at radius 1 is 1.48 bits per heavy atom. The van der Waals surface area contributed by atoms with E-state index in [0.717, 1.165) is 10.0 Å². The summed E-state index contributed by atoms with van der Waals surface area (Å²) >= 11 is 3.40. The maximum atomic E-state index is 12.3. The van der Waals surface area contributed by atoms with E-state index in [9.17, 15) is 13.2 Å². The lowest BCUT2D eigenvalue weighted by Gasteiger charge is -2.30. The third-order valence-corrected chi connectivity index (χ3v) is 5.68. The van der Waals surface area contributed by atoms with E-state index in [1.165, 1.54) is 10.6 Å². The number of amides is 1. The summed E-state index contributed by atoms with van der Waals surface area (Å²) in [5.74, 6) is 0.270. The molecule has 0 bridgehead atoms. The topological polar surface area (TPSA) is 75.7 Å². The van der Waals surface area contributed by atoms with E-state index >= 15 is 0 Å². The summed E-state index contributed by atoms with van der Waals surface area (Å²) in [5.41, 5.74) is 0.867. The normalized spacial score (nSPS) is 19.3. The zero-order valence-corrected chi connectivity index (χ0v) is 15.6. The number of rotatable bonds is 5. The van der Waals surface area contributed by atoms with E-state index in [-0.39, 0.29) is 18.4 Å². The highest BCUT2D eigenvalue weighted by Gasteiger charge is 2.30. The molecule has 2 rings (SSSR count). The van der Waals surface area contributed by atoms with Crippen molar-refractivity contribution in [3.05, 3.63) is 28.2 Å². The first-order valence-corrected chi connectivity index (χ1v) is 10.0. The smallest absolute Gasteiger partial charge is 0.224 e. The van der Waals surface area contributed by atoms with Gasteiger partial charge in [0.15, 0.2) is 0 Å². The van der Waals surface area contributed by atoms with E-state index in [0.29, 0.717) is 31.7 Å². The summed E-state index contributed by atoms with van der Waals surface area (Å²) < 4.78 is 30.8. The molecule has 0 unspecified atom stereocenters. The first-order valence-electron chi connectivity index (χ1n) is 7.36. The largest absolute Gasteiger partial charge is 0.496 e. The summed E-state index contributed by atoms with van der Waals surface area (Å²) in [6, 6.07) is 5.59. The van der Waals surface area contributed by atoms with E-state index in [2.05, 4.69) is 21.2 Å². The van der Waals surface area contributed by atoms with Crippen LogP contribution in [0.5, 0.6) is 5.75 Å². The Hall–Kier alpha value is -1.12. The molecule has 0 saturated carbocycles. The van der Waals surface area contributed by atoms with Crippen molar-refractivity contribution < 1.29 is 17.9 Å². The van der Waals surface area contributed by atoms with Crippen molar-refractivity contribution in [1.82, 2.24) is 9.62 Å². The first-order chi connectivity index (χ1) is 10.8. The number of piperidine rings is 1. The fourth-order valence-electron chi connectivity index (χ4n) is 2.67. The molecular formula is C15H21BrN2O4S. The van der Waals surface area contributed by atoms with Crippen LogP contribution < -0.4 is 10.1 Å². The number of methoxy groups -OCH3 is 1. The lowest BCUT2D eigenvalue weighted by atomic mass is 9.98. The van der Waals surface area contributed by atoms with Gasteiger partial charge in [0.1, 0.15) is 5.75 Å². The molecule has 1 amide bonds. The Balaban J connectivity index is 1.98. The molecular weight excluding hydrogens is 384 g/mol. The second-order valence-corrected chi connectivity index (χ2v) is 8.53. The summed E-state index contributed by atoms with van der Waals surface area (Å²) in [6.07, 6.45) is 2.58. The van der Waals surface area contributed by atoms with Gasteiger partial charge in [-0.05, 0) is 31.0 Å². The van der Waals surface area contributed by atoms with Crippen molar-refractivity contribution in [2.45, 2.75) is 19.4 Å². The van der Waals surface area contributed by atoms with Crippen molar-refractivity contribution in [2.75, 3.05) is 26.5 Å². The molecule has 0 aliphatic carbocycles. The van der Waals surface area contributed by atoms with Crippen molar-refractivity contribution in [3.63, 3.8) is 0 Å². The standard InChI is InChI=1S/C15H21BrN2O4S/c1-22-14-6-5-13(16)8-12(14)9-17-15(19)11-4-3-7-18(10-11)23(2,20)21/h5-6,8,11H,3-4,7,9-10H2,1-2H3,(H,17,19)/t11-/m1/s1. The number of nitrogens with one attached hydrogen (secondary N) is 1. The van der Waals surface area contributed by atoms with E-state index in [4.69, 9.17) is 4.74 Å². The number of sulfonamides is 1. The number of nitrogens with zero attached hydrogens (tertiary/aromatic N) is 1. The molecule has 1 aliphatic heterocycles. The molecule has 1 heterocycles. The minimum Gasteiger partial charge on any atom is -0.496 e. The number of benzene rings is 1. The quantitative estimate of drug-likeness (QED) is 0.810. The van der Waals surface area contributed by atoms with Gasteiger partial charge in [0, 0.05) is 29.7 Å². The van der Waals surface area contributed by atoms with Gasteiger partial charge in [-0.2, -0.15) is 0 Å². The highest BCUT2D eigenvalue weighted by atomic mass is 79.9. The average molecular weight is 405 g/mol. The summed E-state index contributed by atoms with van der Waals surface area (Å²) in [5, 5.41) is 2.88. The molecule has 23 heavy (non-hydrogen) atoms. The molecule has 6 nitrogen and oxygen atoms in total. The number of ether oxygens (including phenoxy) is 1. The minimum absolute atomic E-state index is 0.125. The predicted molar refractivity (Wildman–Crippen MR) is 91.7 cm³/mol. The Bertz CT molecular complexity index is 678. The second kappa shape index (κ2) is 7.63. The van der Waals surface area contributed by atoms with Crippen molar-refractivity contribution in [1.29, 1.82) is 0 Å². The molecule has 1 saturated heterocycles. The lowest BCUT2D eigenvalue weighted by molar-refractivity contribution is -0.126. The Kier molecular flexibility index (Phi) is 6.05. The minimum atomic E-state index is -3.25. The summed E-state index contributed by atoms with van der Waals surface area (Å²) in [6.45, 7) is 1.08. The summed E-state index contributed by atoms with van der Waals surface area (Å²) in [4.78, 5) is 12.3. The van der Waals surface area contributed by atoms with Gasteiger partial charge >= 0.3 is 0 Å². The van der Waals surface area contributed by atoms with Crippen LogP contribution in [-0.2, 0) is 21.4 Å². The fraction of sp³-hybridized carbons (Fsp3) is 0.533. The Morgan fingerprint density at radius 3 is 2.87 bits per heavy atom. The summed E-state index contributed by atoms with van der Waals surface area (Å²) in [7, 11) is -1.67. The van der Waals surface area contributed by atoms with Gasteiger partial charge in [0.25, 0.3) is 0 Å². The van der Waals surface area contributed by atoms with Crippen molar-refractivity contribution in [2.24, 2.45) is 5.92 Å². The van der Waals surface area contributed by atoms with Gasteiger partial charge in [-0.25, -0.2) is 12.7 Å². The molecule has 1 aliphatic rings. The molecule has 0 radical (unpaired) electrons. The van der Waals surface area contributed by atoms with Crippen LogP contribution in [0.2, 0.25) is 0 Å². The van der Waals surface area contributed by atoms with Gasteiger partial charge in [-0.15, -0.1) is 0 Å². The van der Waals surface area contributed by atoms with Gasteiger partial charge in [-0.3, -0.25) is 4.79 Å². The number of carbonyl (C=O) groups excluding carboxylic acids is 1. The lowest BCUT2D eigenvalue weighted by Crippen LogP contribution is -2.44. The maximum Gasteiger partial charge on any atom is 0.224 e. The molecule has 0 aromatic heterocycles. The third-order valence-electron chi connectivity index (χ3n) is 3.92. The molecule has 1 aromatic carbocycles. The Labute approximate surface area is 145 Å². The van der Waals surface area contributed by atoms with Crippen molar-refractivity contribution >= 4 is 31.9 Å². The van der Waals surface area contributed by atoms with E-state index in [1.807, 2.05) is 18.2 Å². The average Bonchev–Trinajstić information content (AvgIpc) is 2.52. The van der Waals surface area contributed by atoms with Gasteiger partial charge in [0.2, 0.25) is 15.9 Å². The molecule has 0 spiro atoms. The van der Waals surface area contributed by atoms with Crippen LogP contribution in [-0.4, -0.2) is 45.1 Å². The first kappa shape index (κ1) is 18.2. The van der Waals surface area contributed by atoms with Crippen LogP contribution in [0.1, 0.15) is 18.4 Å². The molecule has 128 valence electrons. The van der Waals surface area contributed by atoms with Gasteiger partial charge in [0.05, 0.1) is 19.3 Å². The predicted octanol–water partition coefficient (Wildman–Crippen LogP) is 1.75. The van der Waals surface area contributed by atoms with Crippen LogP contribution in [0.25, 0.3) is 0 Å². The molecule has 8 heteroatoms. The molecule has 1 atom stereocenters. The Morgan fingerprint density at radius 2 is 2.22 bits per heavy atom. The second-order valence-electron chi connectivity index (χ2n) is 5.63. The molecule has 1 N–H and O–H groups in total. The van der Waals surface area contributed by atoms with Crippen LogP contribution in [0.3, 0.4) is 0 Å². The van der Waals surface area contributed by atoms with Gasteiger partial charge < -0.3 is 10.1 Å². The molecule has 1 aromatic rings. The zero-order valence-electron chi connectivity index (χ0n) is 13.2. The SMILES string of the molecule is COc1ccc(Br)cc1CNC(=O)[C@@H]1CCCN(S(C)(=O)=O)C1. The highest BCUT2D eigenvalue weighted by molar-refractivity contribution is 9.10. The fourth-order valence-corrected chi connectivity index (χ4v) is 3.99. The monoisotopic (exact) mass is 404 g/mol. The number of carbonyl (C=O) groups is 1. The van der Waals surface area contributed by atoms with E-state index in [1.54, 1.807) is 7.11 Å². The van der Waals surface area contributed by atoms with Crippen LogP contribution in [0.4, 0.5) is 0 Å². The van der Waals surface area contributed by atoms with Gasteiger partial charge in [-0.1, -0.05) is 15.9 Å². The third kappa shape index (κ3) is 4.92.